The van der Waals surface area contributed by atoms with E-state index in [1.54, 1.807) is 13.1 Å². The van der Waals surface area contributed by atoms with E-state index in [-0.39, 0.29) is 5.91 Å². The molecular formula is C8H7NO3S. The molecule has 0 radical (unpaired) electrons. The van der Waals surface area contributed by atoms with E-state index in [4.69, 9.17) is 5.11 Å². The number of hydrogen-bond donors (Lipinski definition) is 1. The van der Waals surface area contributed by atoms with Crippen molar-refractivity contribution in [3.8, 4) is 0 Å². The van der Waals surface area contributed by atoms with Crippen LogP contribution in [-0.4, -0.2) is 24.0 Å². The van der Waals surface area contributed by atoms with E-state index in [1.165, 1.54) is 16.2 Å². The molecule has 13 heavy (non-hydrogen) atoms. The summed E-state index contributed by atoms with van der Waals surface area (Å²) in [4.78, 5) is 24.4. The molecule has 1 aliphatic heterocycles. The lowest BCUT2D eigenvalue weighted by atomic mass is 10.3. The molecule has 1 aromatic rings. The van der Waals surface area contributed by atoms with Gasteiger partial charge in [-0.25, -0.2) is 4.79 Å². The van der Waals surface area contributed by atoms with Crippen LogP contribution in [0.5, 0.6) is 0 Å². The molecule has 0 saturated heterocycles. The summed E-state index contributed by atoms with van der Waals surface area (Å²) in [7, 11) is 1.66. The Labute approximate surface area is 78.4 Å². The summed E-state index contributed by atoms with van der Waals surface area (Å²) in [6.07, 6.45) is 0.337. The molecule has 0 bridgehead atoms. The van der Waals surface area contributed by atoms with Gasteiger partial charge >= 0.3 is 5.97 Å². The highest BCUT2D eigenvalue weighted by Crippen LogP contribution is 2.35. The van der Waals surface area contributed by atoms with Gasteiger partial charge in [0.25, 0.3) is 0 Å². The summed E-state index contributed by atoms with van der Waals surface area (Å²) in [5.41, 5.74) is 0.743. The average molecular weight is 197 g/mol. The van der Waals surface area contributed by atoms with Gasteiger partial charge in [-0.3, -0.25) is 4.79 Å². The fraction of sp³-hybridized carbons (Fsp3) is 0.250. The van der Waals surface area contributed by atoms with Crippen LogP contribution >= 0.6 is 11.3 Å². The topological polar surface area (TPSA) is 57.6 Å². The van der Waals surface area contributed by atoms with Crippen molar-refractivity contribution in [1.82, 2.24) is 0 Å². The van der Waals surface area contributed by atoms with Crippen molar-refractivity contribution < 1.29 is 14.7 Å². The lowest BCUT2D eigenvalue weighted by molar-refractivity contribution is -0.117. The highest BCUT2D eigenvalue weighted by molar-refractivity contribution is 7.14. The van der Waals surface area contributed by atoms with Gasteiger partial charge in [0.1, 0.15) is 4.88 Å². The van der Waals surface area contributed by atoms with Gasteiger partial charge in [-0.2, -0.15) is 0 Å². The Hall–Kier alpha value is -1.36. The van der Waals surface area contributed by atoms with Crippen molar-refractivity contribution in [2.24, 2.45) is 0 Å². The minimum atomic E-state index is -0.930. The number of carbonyl (C=O) groups is 2. The third-order valence-electron chi connectivity index (χ3n) is 2.04. The van der Waals surface area contributed by atoms with Crippen LogP contribution in [0.15, 0.2) is 6.07 Å². The van der Waals surface area contributed by atoms with E-state index in [0.717, 1.165) is 10.6 Å². The first-order valence-corrected chi connectivity index (χ1v) is 4.54. The molecule has 0 aromatic carbocycles. The van der Waals surface area contributed by atoms with Crippen LogP contribution in [0.25, 0.3) is 0 Å². The maximum Gasteiger partial charge on any atom is 0.345 e. The lowest BCUT2D eigenvalue weighted by Gasteiger charge is -2.06. The quantitative estimate of drug-likeness (QED) is 0.729. The molecule has 1 N–H and O–H groups in total. The van der Waals surface area contributed by atoms with Gasteiger partial charge in [-0.1, -0.05) is 0 Å². The van der Waals surface area contributed by atoms with Gasteiger partial charge in [-0.15, -0.1) is 11.3 Å². The SMILES string of the molecule is CN1C(=O)Cc2sc(C(=O)O)cc21. The third-order valence-corrected chi connectivity index (χ3v) is 3.16. The number of aromatic carboxylic acids is 1. The van der Waals surface area contributed by atoms with E-state index < -0.39 is 5.97 Å². The molecule has 1 aliphatic rings. The number of hydrogen-bond acceptors (Lipinski definition) is 3. The van der Waals surface area contributed by atoms with Crippen molar-refractivity contribution >= 4 is 28.9 Å². The second-order valence-electron chi connectivity index (χ2n) is 2.85. The van der Waals surface area contributed by atoms with Crippen LogP contribution in [-0.2, 0) is 11.2 Å². The lowest BCUT2D eigenvalue weighted by Crippen LogP contribution is -2.20. The Kier molecular flexibility index (Phi) is 1.63. The molecule has 5 heteroatoms. The number of carboxylic acids is 1. The molecule has 4 nitrogen and oxygen atoms in total. The maximum atomic E-state index is 11.2. The molecule has 1 aromatic heterocycles. The standard InChI is InChI=1S/C8H7NO3S/c1-9-4-2-6(8(11)12)13-5(4)3-7(9)10/h2H,3H2,1H3,(H,11,12). The number of likely N-dealkylation sites (N-methyl/N-ethyl adjacent to an activating group) is 1. The van der Waals surface area contributed by atoms with E-state index >= 15 is 0 Å². The Morgan fingerprint density at radius 1 is 1.69 bits per heavy atom. The van der Waals surface area contributed by atoms with E-state index in [9.17, 15) is 9.59 Å². The van der Waals surface area contributed by atoms with Gasteiger partial charge in [0.2, 0.25) is 5.91 Å². The third kappa shape index (κ3) is 1.12. The maximum absolute atomic E-state index is 11.2. The predicted molar refractivity (Wildman–Crippen MR) is 48.4 cm³/mol. The monoisotopic (exact) mass is 197 g/mol. The van der Waals surface area contributed by atoms with Gasteiger partial charge in [0, 0.05) is 11.9 Å². The fourth-order valence-corrected chi connectivity index (χ4v) is 2.34. The molecular weight excluding hydrogens is 190 g/mol. The van der Waals surface area contributed by atoms with Crippen LogP contribution in [0.3, 0.4) is 0 Å². The largest absolute Gasteiger partial charge is 0.477 e. The van der Waals surface area contributed by atoms with Gasteiger partial charge in [0.05, 0.1) is 12.1 Å². The summed E-state index contributed by atoms with van der Waals surface area (Å²) in [6, 6.07) is 1.55. The van der Waals surface area contributed by atoms with Crippen molar-refractivity contribution in [2.45, 2.75) is 6.42 Å². The number of rotatable bonds is 1. The number of nitrogens with zero attached hydrogens (tertiary/aromatic N) is 1. The zero-order chi connectivity index (χ0) is 9.59. The highest BCUT2D eigenvalue weighted by atomic mass is 32.1. The minimum Gasteiger partial charge on any atom is -0.477 e. The van der Waals surface area contributed by atoms with Gasteiger partial charge < -0.3 is 10.0 Å². The molecule has 0 atom stereocenters. The smallest absolute Gasteiger partial charge is 0.345 e. The molecule has 2 heterocycles. The average Bonchev–Trinajstić information content (AvgIpc) is 2.55. The highest BCUT2D eigenvalue weighted by Gasteiger charge is 2.27. The Morgan fingerprint density at radius 3 is 2.92 bits per heavy atom. The summed E-state index contributed by atoms with van der Waals surface area (Å²) in [5, 5.41) is 8.70. The summed E-state index contributed by atoms with van der Waals surface area (Å²) in [5.74, 6) is -0.904. The molecule has 0 unspecified atom stereocenters. The number of amides is 1. The van der Waals surface area contributed by atoms with Crippen molar-refractivity contribution in [2.75, 3.05) is 11.9 Å². The number of carbonyl (C=O) groups excluding carboxylic acids is 1. The van der Waals surface area contributed by atoms with E-state index in [0.29, 0.717) is 11.3 Å². The van der Waals surface area contributed by atoms with Crippen LogP contribution in [0.4, 0.5) is 5.69 Å². The predicted octanol–water partition coefficient (Wildman–Crippen LogP) is 0.965. The zero-order valence-corrected chi connectivity index (χ0v) is 7.72. The number of fused-ring (bicyclic) bond motifs is 1. The first-order valence-electron chi connectivity index (χ1n) is 3.72. The molecule has 0 fully saturated rings. The first-order chi connectivity index (χ1) is 6.09. The number of carboxylic acid groups (broad SMARTS) is 1. The minimum absolute atomic E-state index is 0.0261. The molecule has 1 amide bonds. The van der Waals surface area contributed by atoms with Crippen molar-refractivity contribution in [3.63, 3.8) is 0 Å². The first kappa shape index (κ1) is 8.25. The second-order valence-corrected chi connectivity index (χ2v) is 3.99. The molecule has 0 saturated carbocycles. The molecule has 68 valence electrons. The Balaban J connectivity index is 2.45. The van der Waals surface area contributed by atoms with E-state index in [1.807, 2.05) is 0 Å². The zero-order valence-electron chi connectivity index (χ0n) is 6.90. The normalized spacial score (nSPS) is 14.8. The van der Waals surface area contributed by atoms with Crippen molar-refractivity contribution in [1.29, 1.82) is 0 Å². The Bertz CT molecular complexity index is 396. The van der Waals surface area contributed by atoms with E-state index in [2.05, 4.69) is 0 Å². The molecule has 0 aliphatic carbocycles. The number of anilines is 1. The number of thiophene rings is 1. The van der Waals surface area contributed by atoms with Crippen LogP contribution in [0.2, 0.25) is 0 Å². The fourth-order valence-electron chi connectivity index (χ4n) is 1.33. The van der Waals surface area contributed by atoms with Crippen molar-refractivity contribution in [3.05, 3.63) is 15.8 Å². The molecule has 0 spiro atoms. The van der Waals surface area contributed by atoms with Crippen LogP contribution in [0, 0.1) is 0 Å². The van der Waals surface area contributed by atoms with Crippen LogP contribution in [0.1, 0.15) is 14.5 Å². The van der Waals surface area contributed by atoms with Gasteiger partial charge in [-0.05, 0) is 6.07 Å². The van der Waals surface area contributed by atoms with Crippen LogP contribution < -0.4 is 4.90 Å². The van der Waals surface area contributed by atoms with Gasteiger partial charge in [0.15, 0.2) is 0 Å². The summed E-state index contributed by atoms with van der Waals surface area (Å²) in [6.45, 7) is 0. The summed E-state index contributed by atoms with van der Waals surface area (Å²) < 4.78 is 0. The second kappa shape index (κ2) is 2.56. The Morgan fingerprint density at radius 2 is 2.38 bits per heavy atom. The molecule has 2 rings (SSSR count). The summed E-state index contributed by atoms with van der Waals surface area (Å²) >= 11 is 1.18.